The predicted octanol–water partition coefficient (Wildman–Crippen LogP) is 4.18. The maximum absolute atomic E-state index is 11.9. The summed E-state index contributed by atoms with van der Waals surface area (Å²) in [7, 11) is 0. The lowest BCUT2D eigenvalue weighted by Crippen LogP contribution is -2.12. The first kappa shape index (κ1) is 12.8. The zero-order valence-electron chi connectivity index (χ0n) is 12.2. The highest BCUT2D eigenvalue weighted by molar-refractivity contribution is 6.02. The summed E-state index contributed by atoms with van der Waals surface area (Å²) in [5, 5.41) is 4.59. The number of fused-ring (bicyclic) bond motifs is 1. The second-order valence-corrected chi connectivity index (χ2v) is 6.26. The van der Waals surface area contributed by atoms with E-state index in [1.165, 1.54) is 43.2 Å². The van der Waals surface area contributed by atoms with Crippen molar-refractivity contribution in [2.24, 2.45) is 0 Å². The van der Waals surface area contributed by atoms with Crippen molar-refractivity contribution < 1.29 is 4.79 Å². The summed E-state index contributed by atoms with van der Waals surface area (Å²) in [5.74, 6) is 0.284. The van der Waals surface area contributed by atoms with E-state index in [9.17, 15) is 4.79 Å². The van der Waals surface area contributed by atoms with E-state index < -0.39 is 0 Å². The fourth-order valence-electron chi connectivity index (χ4n) is 3.78. The molecular weight excluding hydrogens is 260 g/mol. The van der Waals surface area contributed by atoms with E-state index in [2.05, 4.69) is 22.0 Å². The van der Waals surface area contributed by atoms with Crippen LogP contribution >= 0.6 is 0 Å². The zero-order chi connectivity index (χ0) is 14.2. The maximum Gasteiger partial charge on any atom is 0.163 e. The highest BCUT2D eigenvalue weighted by Crippen LogP contribution is 2.34. The Morgan fingerprint density at radius 3 is 2.71 bits per heavy atom. The van der Waals surface area contributed by atoms with Crippen LogP contribution in [-0.4, -0.2) is 15.6 Å². The standard InChI is InChI=1S/C18H20N2O/c21-18-10-9-16-15(7-4-8-17(16)18)13-11-19-20(12-13)14-5-2-1-3-6-14/h4,7-8,11-12,14H,1-3,5-6,9-10H2. The summed E-state index contributed by atoms with van der Waals surface area (Å²) in [6, 6.07) is 6.64. The second kappa shape index (κ2) is 5.14. The van der Waals surface area contributed by atoms with E-state index in [1.807, 2.05) is 18.3 Å². The molecule has 108 valence electrons. The first-order chi connectivity index (χ1) is 10.3. The minimum atomic E-state index is 0.284. The van der Waals surface area contributed by atoms with Crippen molar-refractivity contribution in [2.45, 2.75) is 51.0 Å². The largest absolute Gasteiger partial charge is 0.294 e. The van der Waals surface area contributed by atoms with E-state index in [0.717, 1.165) is 17.5 Å². The Hall–Kier alpha value is -1.90. The molecule has 1 aromatic heterocycles. The fourth-order valence-corrected chi connectivity index (χ4v) is 3.78. The third-order valence-corrected chi connectivity index (χ3v) is 4.94. The third kappa shape index (κ3) is 2.21. The highest BCUT2D eigenvalue weighted by Gasteiger charge is 2.23. The molecule has 3 nitrogen and oxygen atoms in total. The summed E-state index contributed by atoms with van der Waals surface area (Å²) in [4.78, 5) is 11.9. The van der Waals surface area contributed by atoms with Crippen molar-refractivity contribution >= 4 is 5.78 Å². The van der Waals surface area contributed by atoms with Crippen molar-refractivity contribution in [3.63, 3.8) is 0 Å². The van der Waals surface area contributed by atoms with Gasteiger partial charge >= 0.3 is 0 Å². The summed E-state index contributed by atoms with van der Waals surface area (Å²) >= 11 is 0. The quantitative estimate of drug-likeness (QED) is 0.827. The molecule has 0 amide bonds. The van der Waals surface area contributed by atoms with Gasteiger partial charge < -0.3 is 0 Å². The van der Waals surface area contributed by atoms with Gasteiger partial charge in [0.15, 0.2) is 5.78 Å². The van der Waals surface area contributed by atoms with Gasteiger partial charge in [-0.15, -0.1) is 0 Å². The van der Waals surface area contributed by atoms with Crippen LogP contribution in [0.1, 0.15) is 60.5 Å². The first-order valence-corrected chi connectivity index (χ1v) is 8.02. The Kier molecular flexibility index (Phi) is 3.13. The number of carbonyl (C=O) groups excluding carboxylic acids is 1. The molecule has 2 aliphatic rings. The van der Waals surface area contributed by atoms with Crippen LogP contribution < -0.4 is 0 Å². The second-order valence-electron chi connectivity index (χ2n) is 6.26. The van der Waals surface area contributed by atoms with Crippen LogP contribution in [0, 0.1) is 0 Å². The normalized spacial score (nSPS) is 19.0. The number of aromatic nitrogens is 2. The SMILES string of the molecule is O=C1CCc2c1cccc2-c1cnn(C2CCCCC2)c1. The molecule has 1 saturated carbocycles. The molecule has 0 spiro atoms. The monoisotopic (exact) mass is 280 g/mol. The molecule has 0 atom stereocenters. The molecule has 2 aromatic rings. The number of carbonyl (C=O) groups is 1. The van der Waals surface area contributed by atoms with E-state index in [0.29, 0.717) is 12.5 Å². The summed E-state index contributed by atoms with van der Waals surface area (Å²) in [5.41, 5.74) is 4.48. The van der Waals surface area contributed by atoms with Crippen LogP contribution in [0.5, 0.6) is 0 Å². The minimum Gasteiger partial charge on any atom is -0.294 e. The summed E-state index contributed by atoms with van der Waals surface area (Å²) in [6.07, 6.45) is 12.1. The van der Waals surface area contributed by atoms with Crippen LogP contribution in [0.4, 0.5) is 0 Å². The molecule has 2 aliphatic carbocycles. The molecule has 1 heterocycles. The van der Waals surface area contributed by atoms with Gasteiger partial charge in [-0.05, 0) is 30.4 Å². The Labute approximate surface area is 125 Å². The van der Waals surface area contributed by atoms with Crippen LogP contribution in [0.15, 0.2) is 30.6 Å². The highest BCUT2D eigenvalue weighted by atomic mass is 16.1. The number of hydrogen-bond donors (Lipinski definition) is 0. The number of Topliss-reactive ketones (excluding diaryl/α,β-unsaturated/α-hetero) is 1. The Bertz CT molecular complexity index is 680. The lowest BCUT2D eigenvalue weighted by Gasteiger charge is -2.21. The molecular formula is C18H20N2O. The molecule has 1 aromatic carbocycles. The Morgan fingerprint density at radius 1 is 1.05 bits per heavy atom. The topological polar surface area (TPSA) is 34.9 Å². The van der Waals surface area contributed by atoms with Gasteiger partial charge in [0.2, 0.25) is 0 Å². The molecule has 0 unspecified atom stereocenters. The summed E-state index contributed by atoms with van der Waals surface area (Å²) < 4.78 is 2.14. The molecule has 0 saturated heterocycles. The molecule has 0 N–H and O–H groups in total. The third-order valence-electron chi connectivity index (χ3n) is 4.94. The average molecular weight is 280 g/mol. The van der Waals surface area contributed by atoms with Crippen molar-refractivity contribution in [1.29, 1.82) is 0 Å². The van der Waals surface area contributed by atoms with Crippen LogP contribution in [0.2, 0.25) is 0 Å². The van der Waals surface area contributed by atoms with E-state index in [1.54, 1.807) is 0 Å². The van der Waals surface area contributed by atoms with Gasteiger partial charge in [0.25, 0.3) is 0 Å². The van der Waals surface area contributed by atoms with Gasteiger partial charge in [0.05, 0.1) is 12.2 Å². The minimum absolute atomic E-state index is 0.284. The lowest BCUT2D eigenvalue weighted by atomic mass is 9.95. The molecule has 21 heavy (non-hydrogen) atoms. The van der Waals surface area contributed by atoms with Gasteiger partial charge in [0.1, 0.15) is 0 Å². The molecule has 0 bridgehead atoms. The van der Waals surface area contributed by atoms with Crippen LogP contribution in [0.3, 0.4) is 0 Å². The number of rotatable bonds is 2. The number of benzene rings is 1. The number of hydrogen-bond acceptors (Lipinski definition) is 2. The first-order valence-electron chi connectivity index (χ1n) is 8.02. The maximum atomic E-state index is 11.9. The van der Waals surface area contributed by atoms with Crippen molar-refractivity contribution in [3.05, 3.63) is 41.7 Å². The van der Waals surface area contributed by atoms with Crippen LogP contribution in [-0.2, 0) is 6.42 Å². The average Bonchev–Trinajstić information content (AvgIpc) is 3.16. The molecule has 0 aliphatic heterocycles. The van der Waals surface area contributed by atoms with Crippen molar-refractivity contribution in [3.8, 4) is 11.1 Å². The van der Waals surface area contributed by atoms with E-state index in [-0.39, 0.29) is 5.78 Å². The Morgan fingerprint density at radius 2 is 1.86 bits per heavy atom. The molecule has 3 heteroatoms. The number of ketones is 1. The number of nitrogens with zero attached hydrogens (tertiary/aromatic N) is 2. The van der Waals surface area contributed by atoms with Gasteiger partial charge in [-0.25, -0.2) is 0 Å². The fraction of sp³-hybridized carbons (Fsp3) is 0.444. The zero-order valence-corrected chi connectivity index (χ0v) is 12.2. The molecule has 0 radical (unpaired) electrons. The van der Waals surface area contributed by atoms with Crippen molar-refractivity contribution in [2.75, 3.05) is 0 Å². The van der Waals surface area contributed by atoms with E-state index in [4.69, 9.17) is 0 Å². The summed E-state index contributed by atoms with van der Waals surface area (Å²) in [6.45, 7) is 0. The van der Waals surface area contributed by atoms with Gasteiger partial charge in [-0.3, -0.25) is 9.48 Å². The van der Waals surface area contributed by atoms with E-state index >= 15 is 0 Å². The van der Waals surface area contributed by atoms with Gasteiger partial charge in [-0.2, -0.15) is 5.10 Å². The van der Waals surface area contributed by atoms with Crippen molar-refractivity contribution in [1.82, 2.24) is 9.78 Å². The molecule has 1 fully saturated rings. The molecule has 4 rings (SSSR count). The van der Waals surface area contributed by atoms with Crippen LogP contribution in [0.25, 0.3) is 11.1 Å². The predicted molar refractivity (Wildman–Crippen MR) is 82.4 cm³/mol. The van der Waals surface area contributed by atoms with Gasteiger partial charge in [-0.1, -0.05) is 37.5 Å². The Balaban J connectivity index is 1.69. The van der Waals surface area contributed by atoms with Gasteiger partial charge in [0, 0.05) is 23.7 Å². The smallest absolute Gasteiger partial charge is 0.163 e. The lowest BCUT2D eigenvalue weighted by molar-refractivity contribution is 0.0994.